The van der Waals surface area contributed by atoms with Crippen LogP contribution in [0.5, 0.6) is 0 Å². The molecule has 0 fully saturated rings. The maximum Gasteiger partial charge on any atom is 0.222 e. The van der Waals surface area contributed by atoms with Crippen molar-refractivity contribution >= 4 is 5.91 Å². The molecule has 1 atom stereocenters. The number of hydrogen-bond acceptors (Lipinski definition) is 3. The number of carbonyl (C=O) groups is 1. The van der Waals surface area contributed by atoms with Crippen LogP contribution in [-0.4, -0.2) is 30.7 Å². The second-order valence-electron chi connectivity index (χ2n) is 1.77. The first-order valence-electron chi connectivity index (χ1n) is 2.79. The third-order valence-electron chi connectivity index (χ3n) is 0.972. The molecule has 0 radical (unpaired) electrons. The molecule has 0 rings (SSSR count). The Bertz CT molecular complexity index is 95.0. The average Bonchev–Trinajstić information content (AvgIpc) is 1.87. The molecule has 54 valence electrons. The number of hydrogen-bond donors (Lipinski definition) is 3. The van der Waals surface area contributed by atoms with Crippen molar-refractivity contribution in [2.75, 3.05) is 13.6 Å². The van der Waals surface area contributed by atoms with Crippen LogP contribution in [0, 0.1) is 0 Å². The van der Waals surface area contributed by atoms with Gasteiger partial charge in [-0.15, -0.1) is 0 Å². The molecule has 4 heteroatoms. The van der Waals surface area contributed by atoms with E-state index in [1.54, 1.807) is 0 Å². The summed E-state index contributed by atoms with van der Waals surface area (Å²) in [6.45, 7) is 0.132. The van der Waals surface area contributed by atoms with Crippen LogP contribution in [0.4, 0.5) is 0 Å². The minimum absolute atomic E-state index is 0.0903. The minimum atomic E-state index is -0.704. The van der Waals surface area contributed by atoms with E-state index in [1.807, 2.05) is 0 Å². The van der Waals surface area contributed by atoms with Crippen molar-refractivity contribution in [3.8, 4) is 0 Å². The van der Waals surface area contributed by atoms with Crippen molar-refractivity contribution in [2.24, 2.45) is 5.73 Å². The summed E-state index contributed by atoms with van der Waals surface area (Å²) in [5.74, 6) is -0.187. The molecule has 9 heavy (non-hydrogen) atoms. The van der Waals surface area contributed by atoms with Gasteiger partial charge in [0.2, 0.25) is 5.91 Å². The quantitative estimate of drug-likeness (QED) is 0.435. The highest BCUT2D eigenvalue weighted by atomic mass is 16.3. The van der Waals surface area contributed by atoms with E-state index >= 15 is 0 Å². The molecule has 0 saturated heterocycles. The first kappa shape index (κ1) is 8.39. The molecule has 0 aliphatic carbocycles. The van der Waals surface area contributed by atoms with Crippen LogP contribution in [0.2, 0.25) is 0 Å². The molecular weight excluding hydrogens is 120 g/mol. The lowest BCUT2D eigenvalue weighted by Crippen LogP contribution is -2.28. The second kappa shape index (κ2) is 4.29. The van der Waals surface area contributed by atoms with Crippen LogP contribution in [0.15, 0.2) is 0 Å². The topological polar surface area (TPSA) is 75.3 Å². The molecule has 1 unspecified atom stereocenters. The van der Waals surface area contributed by atoms with Gasteiger partial charge in [0.15, 0.2) is 0 Å². The van der Waals surface area contributed by atoms with E-state index in [-0.39, 0.29) is 18.9 Å². The fraction of sp³-hybridized carbons (Fsp3) is 0.800. The van der Waals surface area contributed by atoms with Gasteiger partial charge in [-0.1, -0.05) is 0 Å². The zero-order valence-corrected chi connectivity index (χ0v) is 5.42. The number of rotatable bonds is 3. The fourth-order valence-corrected chi connectivity index (χ4v) is 0.399. The number of amides is 1. The van der Waals surface area contributed by atoms with E-state index in [9.17, 15) is 4.79 Å². The molecule has 0 aliphatic rings. The van der Waals surface area contributed by atoms with Crippen LogP contribution in [-0.2, 0) is 4.79 Å². The van der Waals surface area contributed by atoms with Gasteiger partial charge < -0.3 is 16.2 Å². The van der Waals surface area contributed by atoms with E-state index in [1.165, 1.54) is 7.05 Å². The largest absolute Gasteiger partial charge is 0.391 e. The third-order valence-corrected chi connectivity index (χ3v) is 0.972. The Hall–Kier alpha value is -0.610. The van der Waals surface area contributed by atoms with Crippen molar-refractivity contribution < 1.29 is 9.90 Å². The smallest absolute Gasteiger partial charge is 0.222 e. The van der Waals surface area contributed by atoms with Crippen LogP contribution in [0.3, 0.4) is 0 Å². The van der Waals surface area contributed by atoms with Crippen LogP contribution < -0.4 is 11.1 Å². The monoisotopic (exact) mass is 132 g/mol. The van der Waals surface area contributed by atoms with E-state index in [0.717, 1.165) is 0 Å². The standard InChI is InChI=1S/C5H12N2O2/c1-7-5(9)2-4(8)3-6/h4,8H,2-3,6H2,1H3,(H,7,9). The highest BCUT2D eigenvalue weighted by Crippen LogP contribution is 1.86. The van der Waals surface area contributed by atoms with E-state index < -0.39 is 6.10 Å². The molecule has 0 aromatic rings. The molecule has 0 aliphatic heterocycles. The number of nitrogens with two attached hydrogens (primary N) is 1. The van der Waals surface area contributed by atoms with Crippen LogP contribution in [0.1, 0.15) is 6.42 Å². The van der Waals surface area contributed by atoms with Crippen LogP contribution >= 0.6 is 0 Å². The van der Waals surface area contributed by atoms with E-state index in [4.69, 9.17) is 10.8 Å². The highest BCUT2D eigenvalue weighted by molar-refractivity contribution is 5.75. The Morgan fingerprint density at radius 2 is 2.44 bits per heavy atom. The van der Waals surface area contributed by atoms with Gasteiger partial charge in [0.25, 0.3) is 0 Å². The van der Waals surface area contributed by atoms with Gasteiger partial charge in [-0.3, -0.25) is 4.79 Å². The number of carbonyl (C=O) groups excluding carboxylic acids is 1. The minimum Gasteiger partial charge on any atom is -0.391 e. The van der Waals surface area contributed by atoms with Gasteiger partial charge in [-0.2, -0.15) is 0 Å². The Morgan fingerprint density at radius 3 is 2.78 bits per heavy atom. The summed E-state index contributed by atoms with van der Waals surface area (Å²) in [6.07, 6.45) is -0.613. The molecule has 0 heterocycles. The molecule has 0 saturated carbocycles. The molecule has 0 aromatic heterocycles. The Kier molecular flexibility index (Phi) is 4.00. The normalized spacial score (nSPS) is 12.8. The summed E-state index contributed by atoms with van der Waals surface area (Å²) < 4.78 is 0. The van der Waals surface area contributed by atoms with Crippen molar-refractivity contribution in [3.63, 3.8) is 0 Å². The van der Waals surface area contributed by atoms with Crippen molar-refractivity contribution in [3.05, 3.63) is 0 Å². The summed E-state index contributed by atoms with van der Waals surface area (Å²) in [5.41, 5.74) is 5.05. The Labute approximate surface area is 54.0 Å². The molecule has 1 amide bonds. The molecular formula is C5H12N2O2. The summed E-state index contributed by atoms with van der Waals surface area (Å²) >= 11 is 0. The SMILES string of the molecule is CNC(=O)CC(O)CN. The van der Waals surface area contributed by atoms with E-state index in [2.05, 4.69) is 5.32 Å². The summed E-state index contributed by atoms with van der Waals surface area (Å²) in [6, 6.07) is 0. The van der Waals surface area contributed by atoms with Gasteiger partial charge in [0, 0.05) is 13.6 Å². The first-order valence-corrected chi connectivity index (χ1v) is 2.79. The predicted molar refractivity (Wildman–Crippen MR) is 33.7 cm³/mol. The number of aliphatic hydroxyl groups is 1. The molecule has 4 nitrogen and oxygen atoms in total. The maximum absolute atomic E-state index is 10.5. The lowest BCUT2D eigenvalue weighted by atomic mass is 10.2. The molecule has 0 bridgehead atoms. The third kappa shape index (κ3) is 3.93. The van der Waals surface area contributed by atoms with Crippen molar-refractivity contribution in [1.29, 1.82) is 0 Å². The molecule has 0 aromatic carbocycles. The number of aliphatic hydroxyl groups excluding tert-OH is 1. The predicted octanol–water partition coefficient (Wildman–Crippen LogP) is -1.56. The summed E-state index contributed by atoms with van der Waals surface area (Å²) in [5, 5.41) is 11.1. The van der Waals surface area contributed by atoms with Gasteiger partial charge in [0.1, 0.15) is 0 Å². The van der Waals surface area contributed by atoms with Crippen molar-refractivity contribution in [2.45, 2.75) is 12.5 Å². The first-order chi connectivity index (χ1) is 4.20. The lowest BCUT2D eigenvalue weighted by molar-refractivity contribution is -0.122. The summed E-state index contributed by atoms with van der Waals surface area (Å²) in [4.78, 5) is 10.5. The van der Waals surface area contributed by atoms with Gasteiger partial charge in [0.05, 0.1) is 12.5 Å². The Balaban J connectivity index is 3.34. The summed E-state index contributed by atoms with van der Waals surface area (Å²) in [7, 11) is 1.52. The molecule has 0 spiro atoms. The zero-order valence-electron chi connectivity index (χ0n) is 5.42. The number of nitrogens with one attached hydrogen (secondary N) is 1. The molecule has 4 N–H and O–H groups in total. The van der Waals surface area contributed by atoms with Crippen molar-refractivity contribution in [1.82, 2.24) is 5.32 Å². The zero-order chi connectivity index (χ0) is 7.28. The maximum atomic E-state index is 10.5. The fourth-order valence-electron chi connectivity index (χ4n) is 0.399. The van der Waals surface area contributed by atoms with Gasteiger partial charge in [-0.05, 0) is 0 Å². The second-order valence-corrected chi connectivity index (χ2v) is 1.77. The van der Waals surface area contributed by atoms with Gasteiger partial charge >= 0.3 is 0 Å². The lowest BCUT2D eigenvalue weighted by Gasteiger charge is -2.04. The van der Waals surface area contributed by atoms with Gasteiger partial charge in [-0.25, -0.2) is 0 Å². The van der Waals surface area contributed by atoms with E-state index in [0.29, 0.717) is 0 Å². The Morgan fingerprint density at radius 1 is 1.89 bits per heavy atom. The van der Waals surface area contributed by atoms with Crippen LogP contribution in [0.25, 0.3) is 0 Å². The highest BCUT2D eigenvalue weighted by Gasteiger charge is 2.05. The average molecular weight is 132 g/mol.